The number of para-hydroxylation sites is 2. The average Bonchev–Trinajstić information content (AvgIpc) is 3.00. The van der Waals surface area contributed by atoms with E-state index >= 15 is 0 Å². The molecule has 0 radical (unpaired) electrons. The van der Waals surface area contributed by atoms with E-state index in [-0.39, 0.29) is 12.5 Å². The Labute approximate surface area is 146 Å². The van der Waals surface area contributed by atoms with Gasteiger partial charge in [-0.25, -0.2) is 4.98 Å². The number of hydrogen-bond donors (Lipinski definition) is 1. The van der Waals surface area contributed by atoms with E-state index in [1.165, 1.54) is 0 Å². The zero-order valence-electron chi connectivity index (χ0n) is 14.6. The first kappa shape index (κ1) is 16.8. The van der Waals surface area contributed by atoms with Crippen LogP contribution in [0.5, 0.6) is 11.5 Å². The molecule has 0 aliphatic carbocycles. The summed E-state index contributed by atoms with van der Waals surface area (Å²) in [6, 6.07) is 13.4. The molecule has 0 spiro atoms. The second-order valence-corrected chi connectivity index (χ2v) is 5.53. The third kappa shape index (κ3) is 3.28. The summed E-state index contributed by atoms with van der Waals surface area (Å²) >= 11 is 0. The van der Waals surface area contributed by atoms with Crippen molar-refractivity contribution in [2.75, 3.05) is 20.8 Å². The van der Waals surface area contributed by atoms with E-state index in [0.717, 1.165) is 16.6 Å². The lowest BCUT2D eigenvalue weighted by Crippen LogP contribution is -2.27. The second-order valence-electron chi connectivity index (χ2n) is 5.53. The van der Waals surface area contributed by atoms with Crippen LogP contribution in [0.1, 0.15) is 6.92 Å². The summed E-state index contributed by atoms with van der Waals surface area (Å²) in [7, 11) is 3.20. The van der Waals surface area contributed by atoms with Crippen LogP contribution >= 0.6 is 0 Å². The maximum atomic E-state index is 12.2. The number of amides is 1. The smallest absolute Gasteiger partial charge is 0.240 e. The minimum absolute atomic E-state index is 0.0487. The summed E-state index contributed by atoms with van der Waals surface area (Å²) in [5.74, 6) is 1.94. The molecule has 6 nitrogen and oxygen atoms in total. The highest BCUT2D eigenvalue weighted by atomic mass is 16.5. The first-order valence-corrected chi connectivity index (χ1v) is 8.12. The number of benzene rings is 2. The van der Waals surface area contributed by atoms with Crippen molar-refractivity contribution in [3.63, 3.8) is 0 Å². The number of methoxy groups -OCH3 is 2. The molecule has 3 rings (SSSR count). The first-order chi connectivity index (χ1) is 12.2. The van der Waals surface area contributed by atoms with Crippen LogP contribution in [0.15, 0.2) is 42.5 Å². The first-order valence-electron chi connectivity index (χ1n) is 8.12. The van der Waals surface area contributed by atoms with E-state index in [1.807, 2.05) is 54.0 Å². The number of fused-ring (bicyclic) bond motifs is 1. The van der Waals surface area contributed by atoms with Crippen LogP contribution in [0, 0.1) is 0 Å². The van der Waals surface area contributed by atoms with E-state index in [4.69, 9.17) is 14.5 Å². The molecule has 0 aliphatic rings. The van der Waals surface area contributed by atoms with Gasteiger partial charge in [0.2, 0.25) is 5.91 Å². The summed E-state index contributed by atoms with van der Waals surface area (Å²) < 4.78 is 12.6. The molecule has 1 amide bonds. The summed E-state index contributed by atoms with van der Waals surface area (Å²) in [5, 5.41) is 2.84. The van der Waals surface area contributed by atoms with Crippen LogP contribution in [0.4, 0.5) is 0 Å². The molecule has 0 aliphatic heterocycles. The Morgan fingerprint density at radius 2 is 1.88 bits per heavy atom. The van der Waals surface area contributed by atoms with Gasteiger partial charge in [-0.3, -0.25) is 4.79 Å². The van der Waals surface area contributed by atoms with Crippen LogP contribution in [0.3, 0.4) is 0 Å². The minimum Gasteiger partial charge on any atom is -0.493 e. The topological polar surface area (TPSA) is 65.4 Å². The van der Waals surface area contributed by atoms with Gasteiger partial charge in [-0.05, 0) is 37.3 Å². The second kappa shape index (κ2) is 7.25. The van der Waals surface area contributed by atoms with Crippen molar-refractivity contribution in [3.05, 3.63) is 42.5 Å². The fraction of sp³-hybridized carbons (Fsp3) is 0.263. The molecule has 0 saturated carbocycles. The fourth-order valence-corrected chi connectivity index (χ4v) is 2.83. The lowest BCUT2D eigenvalue weighted by molar-refractivity contribution is -0.121. The highest BCUT2D eigenvalue weighted by molar-refractivity contribution is 5.84. The number of likely N-dealkylation sites (N-methyl/N-ethyl adjacent to an activating group) is 1. The largest absolute Gasteiger partial charge is 0.493 e. The SMILES string of the molecule is CCNC(=O)Cn1c(-c2ccc(OC)c(OC)c2)nc2ccccc21. The van der Waals surface area contributed by atoms with Crippen molar-refractivity contribution in [2.24, 2.45) is 0 Å². The van der Waals surface area contributed by atoms with Gasteiger partial charge in [-0.15, -0.1) is 0 Å². The lowest BCUT2D eigenvalue weighted by Gasteiger charge is -2.12. The highest BCUT2D eigenvalue weighted by Crippen LogP contribution is 2.33. The fourth-order valence-electron chi connectivity index (χ4n) is 2.83. The predicted octanol–water partition coefficient (Wildman–Crippen LogP) is 2.86. The molecule has 2 aromatic carbocycles. The van der Waals surface area contributed by atoms with Crippen molar-refractivity contribution in [2.45, 2.75) is 13.5 Å². The van der Waals surface area contributed by atoms with Gasteiger partial charge in [0.1, 0.15) is 12.4 Å². The summed E-state index contributed by atoms with van der Waals surface area (Å²) in [6.07, 6.45) is 0. The molecule has 0 saturated heterocycles. The lowest BCUT2D eigenvalue weighted by atomic mass is 10.2. The highest BCUT2D eigenvalue weighted by Gasteiger charge is 2.16. The molecule has 0 unspecified atom stereocenters. The molecular weight excluding hydrogens is 318 g/mol. The van der Waals surface area contributed by atoms with Crippen molar-refractivity contribution >= 4 is 16.9 Å². The Kier molecular flexibility index (Phi) is 4.88. The number of ether oxygens (including phenoxy) is 2. The minimum atomic E-state index is -0.0487. The maximum absolute atomic E-state index is 12.2. The van der Waals surface area contributed by atoms with Crippen LogP contribution in [0.25, 0.3) is 22.4 Å². The number of imidazole rings is 1. The Bertz CT molecular complexity index is 902. The molecule has 1 heterocycles. The van der Waals surface area contributed by atoms with Gasteiger partial charge in [-0.1, -0.05) is 12.1 Å². The van der Waals surface area contributed by atoms with Gasteiger partial charge in [0, 0.05) is 12.1 Å². The van der Waals surface area contributed by atoms with Crippen molar-refractivity contribution in [1.82, 2.24) is 14.9 Å². The van der Waals surface area contributed by atoms with E-state index in [2.05, 4.69) is 5.32 Å². The molecule has 0 fully saturated rings. The zero-order chi connectivity index (χ0) is 17.8. The van der Waals surface area contributed by atoms with Crippen LogP contribution in [0.2, 0.25) is 0 Å². The standard InChI is InChI=1S/C19H21N3O3/c1-4-20-18(23)12-22-15-8-6-5-7-14(15)21-19(22)13-9-10-16(24-2)17(11-13)25-3/h5-11H,4,12H2,1-3H3,(H,20,23). The van der Waals surface area contributed by atoms with Gasteiger partial charge in [0.25, 0.3) is 0 Å². The third-order valence-corrected chi connectivity index (χ3v) is 3.97. The molecule has 1 N–H and O–H groups in total. The zero-order valence-corrected chi connectivity index (χ0v) is 14.6. The molecular formula is C19H21N3O3. The molecule has 25 heavy (non-hydrogen) atoms. The number of hydrogen-bond acceptors (Lipinski definition) is 4. The molecule has 1 aromatic heterocycles. The third-order valence-electron chi connectivity index (χ3n) is 3.97. The number of carbonyl (C=O) groups is 1. The van der Waals surface area contributed by atoms with Crippen molar-refractivity contribution in [1.29, 1.82) is 0 Å². The average molecular weight is 339 g/mol. The van der Waals surface area contributed by atoms with Gasteiger partial charge >= 0.3 is 0 Å². The number of rotatable bonds is 6. The Morgan fingerprint density at radius 3 is 2.60 bits per heavy atom. The van der Waals surface area contributed by atoms with Gasteiger partial charge in [0.05, 0.1) is 25.3 Å². The molecule has 6 heteroatoms. The summed E-state index contributed by atoms with van der Waals surface area (Å²) in [5.41, 5.74) is 2.62. The number of nitrogens with zero attached hydrogens (tertiary/aromatic N) is 2. The molecule has 3 aromatic rings. The van der Waals surface area contributed by atoms with E-state index in [9.17, 15) is 4.79 Å². The quantitative estimate of drug-likeness (QED) is 0.750. The Morgan fingerprint density at radius 1 is 1.12 bits per heavy atom. The van der Waals surface area contributed by atoms with Crippen molar-refractivity contribution in [3.8, 4) is 22.9 Å². The van der Waals surface area contributed by atoms with Gasteiger partial charge in [-0.2, -0.15) is 0 Å². The molecule has 0 bridgehead atoms. The summed E-state index contributed by atoms with van der Waals surface area (Å²) in [6.45, 7) is 2.70. The van der Waals surface area contributed by atoms with Gasteiger partial charge < -0.3 is 19.4 Å². The number of carbonyl (C=O) groups excluding carboxylic acids is 1. The Balaban J connectivity index is 2.13. The normalized spacial score (nSPS) is 10.7. The van der Waals surface area contributed by atoms with Crippen LogP contribution in [-0.2, 0) is 11.3 Å². The van der Waals surface area contributed by atoms with Crippen LogP contribution in [-0.4, -0.2) is 36.2 Å². The number of nitrogens with one attached hydrogen (secondary N) is 1. The van der Waals surface area contributed by atoms with Crippen LogP contribution < -0.4 is 14.8 Å². The van der Waals surface area contributed by atoms with Gasteiger partial charge in [0.15, 0.2) is 11.5 Å². The molecule has 130 valence electrons. The van der Waals surface area contributed by atoms with E-state index < -0.39 is 0 Å². The monoisotopic (exact) mass is 339 g/mol. The van der Waals surface area contributed by atoms with E-state index in [1.54, 1.807) is 14.2 Å². The maximum Gasteiger partial charge on any atom is 0.240 e. The predicted molar refractivity (Wildman–Crippen MR) is 97.0 cm³/mol. The Hall–Kier alpha value is -3.02. The molecule has 0 atom stereocenters. The van der Waals surface area contributed by atoms with Crippen molar-refractivity contribution < 1.29 is 14.3 Å². The van der Waals surface area contributed by atoms with E-state index in [0.29, 0.717) is 23.9 Å². The summed E-state index contributed by atoms with van der Waals surface area (Å²) in [4.78, 5) is 16.9. The number of aromatic nitrogens is 2.